The third-order valence-electron chi connectivity index (χ3n) is 3.29. The van der Waals surface area contributed by atoms with E-state index in [4.69, 9.17) is 0 Å². The van der Waals surface area contributed by atoms with E-state index in [1.807, 2.05) is 0 Å². The average Bonchev–Trinajstić information content (AvgIpc) is 2.39. The number of hydrogen-bond acceptors (Lipinski definition) is 2. The fourth-order valence-corrected chi connectivity index (χ4v) is 2.21. The van der Waals surface area contributed by atoms with Crippen LogP contribution >= 0.6 is 0 Å². The molecule has 2 atom stereocenters. The van der Waals surface area contributed by atoms with Gasteiger partial charge < -0.3 is 0 Å². The van der Waals surface area contributed by atoms with Crippen LogP contribution in [0.2, 0.25) is 0 Å². The Morgan fingerprint density at radius 3 is 2.86 bits per heavy atom. The Bertz CT molecular complexity index is 203. The first-order valence-corrected chi connectivity index (χ1v) is 5.89. The Balaban J connectivity index is 2.54. The number of nitriles is 1. The molecular weight excluding hydrogens is 172 g/mol. The van der Waals surface area contributed by atoms with Crippen LogP contribution in [0.1, 0.15) is 52.4 Å². The Hall–Kier alpha value is -0.550. The lowest BCUT2D eigenvalue weighted by Gasteiger charge is -2.26. The van der Waals surface area contributed by atoms with Crippen molar-refractivity contribution >= 4 is 0 Å². The van der Waals surface area contributed by atoms with Gasteiger partial charge in [0.15, 0.2) is 0 Å². The van der Waals surface area contributed by atoms with Crippen LogP contribution in [-0.2, 0) is 0 Å². The Morgan fingerprint density at radius 2 is 2.21 bits per heavy atom. The van der Waals surface area contributed by atoms with Crippen molar-refractivity contribution in [2.45, 2.75) is 57.9 Å². The normalized spacial score (nSPS) is 33.4. The monoisotopic (exact) mass is 194 g/mol. The van der Waals surface area contributed by atoms with Crippen molar-refractivity contribution in [3.05, 3.63) is 0 Å². The molecular formula is C12H22N2. The zero-order valence-corrected chi connectivity index (χ0v) is 9.47. The maximum Gasteiger partial charge on any atom is 0.106 e. The van der Waals surface area contributed by atoms with Gasteiger partial charge in [-0.2, -0.15) is 5.26 Å². The number of nitrogens with zero attached hydrogens (tertiary/aromatic N) is 1. The quantitative estimate of drug-likeness (QED) is 0.701. The topological polar surface area (TPSA) is 35.8 Å². The minimum Gasteiger partial charge on any atom is -0.299 e. The lowest BCUT2D eigenvalue weighted by Crippen LogP contribution is -2.43. The summed E-state index contributed by atoms with van der Waals surface area (Å²) in [6, 6.07) is 2.50. The van der Waals surface area contributed by atoms with Gasteiger partial charge in [-0.1, -0.05) is 26.7 Å². The molecule has 80 valence electrons. The molecule has 1 N–H and O–H groups in total. The van der Waals surface area contributed by atoms with Crippen LogP contribution in [0.5, 0.6) is 0 Å². The average molecular weight is 194 g/mol. The molecule has 0 aromatic carbocycles. The molecule has 0 spiro atoms. The van der Waals surface area contributed by atoms with Crippen LogP contribution in [0, 0.1) is 17.2 Å². The van der Waals surface area contributed by atoms with E-state index in [-0.39, 0.29) is 5.54 Å². The van der Waals surface area contributed by atoms with Gasteiger partial charge in [-0.3, -0.25) is 5.32 Å². The van der Waals surface area contributed by atoms with E-state index in [2.05, 4.69) is 25.2 Å². The Labute approximate surface area is 87.7 Å². The van der Waals surface area contributed by atoms with Crippen molar-refractivity contribution in [3.8, 4) is 6.07 Å². The molecule has 0 heterocycles. The fraction of sp³-hybridized carbons (Fsp3) is 0.917. The van der Waals surface area contributed by atoms with Crippen LogP contribution in [0.3, 0.4) is 0 Å². The first-order chi connectivity index (χ1) is 6.72. The van der Waals surface area contributed by atoms with E-state index in [0.717, 1.165) is 31.7 Å². The third-order valence-corrected chi connectivity index (χ3v) is 3.29. The minimum atomic E-state index is -0.208. The molecule has 2 heteroatoms. The van der Waals surface area contributed by atoms with E-state index in [0.29, 0.717) is 0 Å². The van der Waals surface area contributed by atoms with Gasteiger partial charge in [-0.15, -0.1) is 0 Å². The van der Waals surface area contributed by atoms with Crippen molar-refractivity contribution < 1.29 is 0 Å². The molecule has 1 aliphatic carbocycles. The lowest BCUT2D eigenvalue weighted by atomic mass is 9.91. The van der Waals surface area contributed by atoms with Crippen LogP contribution < -0.4 is 5.32 Å². The highest BCUT2D eigenvalue weighted by Crippen LogP contribution is 2.29. The number of hydrogen-bond donors (Lipinski definition) is 1. The molecule has 2 nitrogen and oxygen atoms in total. The highest BCUT2D eigenvalue weighted by atomic mass is 15.0. The molecule has 0 saturated heterocycles. The van der Waals surface area contributed by atoms with Gasteiger partial charge in [-0.25, -0.2) is 0 Å². The molecule has 1 saturated carbocycles. The van der Waals surface area contributed by atoms with E-state index >= 15 is 0 Å². The van der Waals surface area contributed by atoms with Gasteiger partial charge in [0.25, 0.3) is 0 Å². The summed E-state index contributed by atoms with van der Waals surface area (Å²) in [5.74, 6) is 0.800. The van der Waals surface area contributed by atoms with Crippen LogP contribution in [0.4, 0.5) is 0 Å². The highest BCUT2D eigenvalue weighted by molar-refractivity contribution is 5.07. The van der Waals surface area contributed by atoms with Crippen molar-refractivity contribution in [2.75, 3.05) is 6.54 Å². The summed E-state index contributed by atoms with van der Waals surface area (Å²) < 4.78 is 0. The Kier molecular flexibility index (Phi) is 4.41. The zero-order valence-electron chi connectivity index (χ0n) is 9.47. The third kappa shape index (κ3) is 2.99. The molecule has 1 fully saturated rings. The summed E-state index contributed by atoms with van der Waals surface area (Å²) in [6.45, 7) is 5.42. The van der Waals surface area contributed by atoms with Crippen molar-refractivity contribution in [2.24, 2.45) is 5.92 Å². The predicted octanol–water partition coefficient (Wildman–Crippen LogP) is 2.85. The first kappa shape index (κ1) is 11.5. The highest BCUT2D eigenvalue weighted by Gasteiger charge is 2.31. The van der Waals surface area contributed by atoms with E-state index in [9.17, 15) is 5.26 Å². The van der Waals surface area contributed by atoms with Crippen LogP contribution in [-0.4, -0.2) is 12.1 Å². The largest absolute Gasteiger partial charge is 0.299 e. The molecule has 14 heavy (non-hydrogen) atoms. The standard InChI is InChI=1S/C12H22N2/c1-3-9-14-12(10-13)7-4-5-11(2)6-8-12/h11,14H,3-9H2,1-2H3. The van der Waals surface area contributed by atoms with Crippen LogP contribution in [0.25, 0.3) is 0 Å². The smallest absolute Gasteiger partial charge is 0.106 e. The Morgan fingerprint density at radius 1 is 1.43 bits per heavy atom. The van der Waals surface area contributed by atoms with E-state index in [1.54, 1.807) is 0 Å². The summed E-state index contributed by atoms with van der Waals surface area (Å²) in [6.07, 6.45) is 6.87. The summed E-state index contributed by atoms with van der Waals surface area (Å²) in [5.41, 5.74) is -0.208. The lowest BCUT2D eigenvalue weighted by molar-refractivity contribution is 0.361. The molecule has 2 unspecified atom stereocenters. The molecule has 1 rings (SSSR count). The van der Waals surface area contributed by atoms with Gasteiger partial charge in [0.2, 0.25) is 0 Å². The summed E-state index contributed by atoms with van der Waals surface area (Å²) >= 11 is 0. The van der Waals surface area contributed by atoms with Gasteiger partial charge >= 0.3 is 0 Å². The van der Waals surface area contributed by atoms with Crippen molar-refractivity contribution in [3.63, 3.8) is 0 Å². The number of rotatable bonds is 3. The summed E-state index contributed by atoms with van der Waals surface area (Å²) in [4.78, 5) is 0. The summed E-state index contributed by atoms with van der Waals surface area (Å²) in [5, 5.41) is 12.7. The molecule has 0 bridgehead atoms. The maximum absolute atomic E-state index is 9.27. The van der Waals surface area contributed by atoms with Crippen LogP contribution in [0.15, 0.2) is 0 Å². The fourth-order valence-electron chi connectivity index (χ4n) is 2.21. The molecule has 0 radical (unpaired) electrons. The maximum atomic E-state index is 9.27. The molecule has 1 aliphatic rings. The minimum absolute atomic E-state index is 0.208. The predicted molar refractivity (Wildman–Crippen MR) is 58.9 cm³/mol. The second-order valence-corrected chi connectivity index (χ2v) is 4.66. The van der Waals surface area contributed by atoms with Crippen molar-refractivity contribution in [1.82, 2.24) is 5.32 Å². The first-order valence-electron chi connectivity index (χ1n) is 5.89. The molecule has 0 aromatic rings. The van der Waals surface area contributed by atoms with Gasteiger partial charge in [-0.05, 0) is 38.1 Å². The van der Waals surface area contributed by atoms with Gasteiger partial charge in [0.05, 0.1) is 6.07 Å². The van der Waals surface area contributed by atoms with E-state index < -0.39 is 0 Å². The van der Waals surface area contributed by atoms with Gasteiger partial charge in [0, 0.05) is 0 Å². The molecule has 0 amide bonds. The second-order valence-electron chi connectivity index (χ2n) is 4.66. The van der Waals surface area contributed by atoms with E-state index in [1.165, 1.54) is 19.3 Å². The zero-order chi connectivity index (χ0) is 10.4. The van der Waals surface area contributed by atoms with Crippen molar-refractivity contribution in [1.29, 1.82) is 5.26 Å². The second kappa shape index (κ2) is 5.36. The molecule has 0 aromatic heterocycles. The number of nitrogens with one attached hydrogen (secondary N) is 1. The van der Waals surface area contributed by atoms with Gasteiger partial charge in [0.1, 0.15) is 5.54 Å². The molecule has 0 aliphatic heterocycles. The summed E-state index contributed by atoms with van der Waals surface area (Å²) in [7, 11) is 0. The SMILES string of the molecule is CCCNC1(C#N)CCCC(C)CC1.